The van der Waals surface area contributed by atoms with E-state index in [1.54, 1.807) is 25.3 Å². The molecule has 2 unspecified atom stereocenters. The van der Waals surface area contributed by atoms with Crippen LogP contribution >= 0.6 is 0 Å². The molecule has 6 heteroatoms. The van der Waals surface area contributed by atoms with Gasteiger partial charge in [-0.2, -0.15) is 0 Å². The minimum atomic E-state index is -1.13. The van der Waals surface area contributed by atoms with Gasteiger partial charge in [-0.3, -0.25) is 0 Å². The van der Waals surface area contributed by atoms with Crippen LogP contribution in [0.15, 0.2) is 58.1 Å². The number of anilines is 1. The van der Waals surface area contributed by atoms with Crippen LogP contribution in [0.5, 0.6) is 0 Å². The van der Waals surface area contributed by atoms with E-state index >= 15 is 0 Å². The number of nitrogens with one attached hydrogen (secondary N) is 2. The molecular formula is C20H28N4O2. The average Bonchev–Trinajstić information content (AvgIpc) is 3.33. The van der Waals surface area contributed by atoms with Gasteiger partial charge in [-0.1, -0.05) is 18.2 Å². The Labute approximate surface area is 154 Å². The van der Waals surface area contributed by atoms with Gasteiger partial charge in [0.1, 0.15) is 11.4 Å². The summed E-state index contributed by atoms with van der Waals surface area (Å²) in [6.45, 7) is 6.70. The predicted molar refractivity (Wildman–Crippen MR) is 104 cm³/mol. The molecule has 0 spiro atoms. The molecule has 3 rings (SSSR count). The summed E-state index contributed by atoms with van der Waals surface area (Å²) in [5.41, 5.74) is 0.122. The molecule has 1 aromatic heterocycles. The number of furan rings is 1. The summed E-state index contributed by atoms with van der Waals surface area (Å²) >= 11 is 0. The molecule has 2 atom stereocenters. The number of benzene rings is 1. The fraction of sp³-hybridized carbons (Fsp3) is 0.450. The number of guanidine groups is 1. The standard InChI is InChI=1S/C20H28N4O2/c1-3-21-19(22-15-20(2,25)18-10-7-13-26-18)23-16-11-12-24(14-16)17-8-5-4-6-9-17/h4-10,13,16,25H,3,11-12,14-15H2,1-2H3,(H2,21,22,23). The van der Waals surface area contributed by atoms with Crippen LogP contribution in [0.3, 0.4) is 0 Å². The number of hydrogen-bond donors (Lipinski definition) is 3. The smallest absolute Gasteiger partial charge is 0.191 e. The maximum Gasteiger partial charge on any atom is 0.191 e. The van der Waals surface area contributed by atoms with Crippen LogP contribution in [-0.2, 0) is 5.60 Å². The van der Waals surface area contributed by atoms with Gasteiger partial charge < -0.3 is 25.1 Å². The van der Waals surface area contributed by atoms with Gasteiger partial charge in [0.05, 0.1) is 12.8 Å². The first-order valence-electron chi connectivity index (χ1n) is 9.19. The van der Waals surface area contributed by atoms with Crippen molar-refractivity contribution in [1.29, 1.82) is 0 Å². The Hall–Kier alpha value is -2.47. The van der Waals surface area contributed by atoms with Crippen LogP contribution in [0.2, 0.25) is 0 Å². The van der Waals surface area contributed by atoms with Gasteiger partial charge in [0.2, 0.25) is 0 Å². The second-order valence-electron chi connectivity index (χ2n) is 6.86. The molecule has 1 fully saturated rings. The fourth-order valence-corrected chi connectivity index (χ4v) is 3.16. The highest BCUT2D eigenvalue weighted by Gasteiger charge is 2.27. The zero-order valence-corrected chi connectivity index (χ0v) is 15.5. The van der Waals surface area contributed by atoms with Crippen molar-refractivity contribution in [3.63, 3.8) is 0 Å². The van der Waals surface area contributed by atoms with Crippen LogP contribution in [0.4, 0.5) is 5.69 Å². The van der Waals surface area contributed by atoms with Crippen molar-refractivity contribution >= 4 is 11.6 Å². The lowest BCUT2D eigenvalue weighted by atomic mass is 10.0. The molecule has 1 aliphatic rings. The quantitative estimate of drug-likeness (QED) is 0.547. The Morgan fingerprint density at radius 1 is 1.31 bits per heavy atom. The van der Waals surface area contributed by atoms with Crippen molar-refractivity contribution < 1.29 is 9.52 Å². The molecule has 140 valence electrons. The summed E-state index contributed by atoms with van der Waals surface area (Å²) in [5.74, 6) is 1.24. The Morgan fingerprint density at radius 3 is 2.81 bits per heavy atom. The van der Waals surface area contributed by atoms with Gasteiger partial charge in [0.15, 0.2) is 5.96 Å². The number of aliphatic hydroxyl groups is 1. The van der Waals surface area contributed by atoms with Crippen molar-refractivity contribution in [1.82, 2.24) is 10.6 Å². The topological polar surface area (TPSA) is 73.0 Å². The minimum absolute atomic E-state index is 0.227. The van der Waals surface area contributed by atoms with E-state index in [1.165, 1.54) is 5.69 Å². The first-order valence-corrected chi connectivity index (χ1v) is 9.19. The van der Waals surface area contributed by atoms with Crippen molar-refractivity contribution in [3.8, 4) is 0 Å². The normalized spacial score (nSPS) is 20.0. The van der Waals surface area contributed by atoms with E-state index in [4.69, 9.17) is 4.42 Å². The molecule has 0 aliphatic carbocycles. The fourth-order valence-electron chi connectivity index (χ4n) is 3.16. The molecule has 0 bridgehead atoms. The molecule has 0 amide bonds. The maximum atomic E-state index is 10.6. The first kappa shape index (κ1) is 18.3. The summed E-state index contributed by atoms with van der Waals surface area (Å²) in [6.07, 6.45) is 2.61. The lowest BCUT2D eigenvalue weighted by molar-refractivity contribution is 0.0437. The molecule has 6 nitrogen and oxygen atoms in total. The SMILES string of the molecule is CCNC(=NCC(C)(O)c1ccco1)NC1CCN(c2ccccc2)C1. The van der Waals surface area contributed by atoms with E-state index in [-0.39, 0.29) is 6.54 Å². The van der Waals surface area contributed by atoms with Gasteiger partial charge >= 0.3 is 0 Å². The summed E-state index contributed by atoms with van der Waals surface area (Å²) < 4.78 is 5.32. The Morgan fingerprint density at radius 2 is 2.12 bits per heavy atom. The summed E-state index contributed by atoms with van der Waals surface area (Å²) in [6, 6.07) is 14.3. The van der Waals surface area contributed by atoms with Crippen molar-refractivity contribution in [3.05, 3.63) is 54.5 Å². The van der Waals surface area contributed by atoms with E-state index in [0.717, 1.165) is 32.0 Å². The van der Waals surface area contributed by atoms with E-state index < -0.39 is 5.60 Å². The zero-order chi connectivity index (χ0) is 18.4. The summed E-state index contributed by atoms with van der Waals surface area (Å²) in [5, 5.41) is 17.3. The number of hydrogen-bond acceptors (Lipinski definition) is 4. The van der Waals surface area contributed by atoms with Crippen molar-refractivity contribution in [2.45, 2.75) is 31.9 Å². The van der Waals surface area contributed by atoms with E-state index in [9.17, 15) is 5.11 Å². The molecule has 2 heterocycles. The van der Waals surface area contributed by atoms with Gasteiger partial charge in [0.25, 0.3) is 0 Å². The van der Waals surface area contributed by atoms with Crippen LogP contribution in [-0.4, -0.2) is 43.3 Å². The number of para-hydroxylation sites is 1. The van der Waals surface area contributed by atoms with Gasteiger partial charge in [-0.05, 0) is 44.5 Å². The first-order chi connectivity index (χ1) is 12.6. The molecule has 0 radical (unpaired) electrons. The third-order valence-corrected chi connectivity index (χ3v) is 4.59. The van der Waals surface area contributed by atoms with Crippen LogP contribution in [0, 0.1) is 0 Å². The van der Waals surface area contributed by atoms with Gasteiger partial charge in [0, 0.05) is 31.4 Å². The lowest BCUT2D eigenvalue weighted by Gasteiger charge is -2.22. The van der Waals surface area contributed by atoms with Crippen LogP contribution in [0.1, 0.15) is 26.0 Å². The largest absolute Gasteiger partial charge is 0.466 e. The average molecular weight is 356 g/mol. The molecule has 1 saturated heterocycles. The van der Waals surface area contributed by atoms with Crippen LogP contribution < -0.4 is 15.5 Å². The van der Waals surface area contributed by atoms with E-state index in [0.29, 0.717) is 11.8 Å². The number of nitrogens with zero attached hydrogens (tertiary/aromatic N) is 2. The second-order valence-corrected chi connectivity index (χ2v) is 6.86. The Bertz CT molecular complexity index is 698. The molecule has 2 aromatic rings. The highest BCUT2D eigenvalue weighted by molar-refractivity contribution is 5.80. The molecule has 1 aliphatic heterocycles. The molecule has 3 N–H and O–H groups in total. The highest BCUT2D eigenvalue weighted by Crippen LogP contribution is 2.22. The van der Waals surface area contributed by atoms with E-state index in [1.807, 2.05) is 13.0 Å². The second kappa shape index (κ2) is 8.27. The van der Waals surface area contributed by atoms with E-state index in [2.05, 4.69) is 44.8 Å². The third-order valence-electron chi connectivity index (χ3n) is 4.59. The monoisotopic (exact) mass is 356 g/mol. The third kappa shape index (κ3) is 4.58. The van der Waals surface area contributed by atoms with Gasteiger partial charge in [-0.15, -0.1) is 0 Å². The Balaban J connectivity index is 1.60. The van der Waals surface area contributed by atoms with Crippen molar-refractivity contribution in [2.24, 2.45) is 4.99 Å². The number of aliphatic imine (C=N–C) groups is 1. The molecule has 0 saturated carbocycles. The summed E-state index contributed by atoms with van der Waals surface area (Å²) in [7, 11) is 0. The maximum absolute atomic E-state index is 10.6. The molecule has 26 heavy (non-hydrogen) atoms. The van der Waals surface area contributed by atoms with Gasteiger partial charge in [-0.25, -0.2) is 4.99 Å². The molecular weight excluding hydrogens is 328 g/mol. The Kier molecular flexibility index (Phi) is 5.83. The zero-order valence-electron chi connectivity index (χ0n) is 15.5. The lowest BCUT2D eigenvalue weighted by Crippen LogP contribution is -2.45. The molecule has 1 aromatic carbocycles. The number of rotatable bonds is 6. The van der Waals surface area contributed by atoms with Crippen molar-refractivity contribution in [2.75, 3.05) is 31.1 Å². The minimum Gasteiger partial charge on any atom is -0.466 e. The summed E-state index contributed by atoms with van der Waals surface area (Å²) in [4.78, 5) is 6.94. The highest BCUT2D eigenvalue weighted by atomic mass is 16.4. The van der Waals surface area contributed by atoms with Crippen LogP contribution in [0.25, 0.3) is 0 Å². The predicted octanol–water partition coefficient (Wildman–Crippen LogP) is 2.32.